The van der Waals surface area contributed by atoms with Crippen molar-refractivity contribution in [1.82, 2.24) is 40.9 Å². The number of hydrogen-bond acceptors (Lipinski definition) is 18. The summed E-state index contributed by atoms with van der Waals surface area (Å²) < 4.78 is 96.6. The Morgan fingerprint density at radius 2 is 1.50 bits per heavy atom. The Bertz CT molecular complexity index is 3970. The molecule has 1 aromatic heterocycles. The van der Waals surface area contributed by atoms with Gasteiger partial charge >= 0.3 is 25.2 Å². The summed E-state index contributed by atoms with van der Waals surface area (Å²) in [5, 5.41) is 10.6. The first-order chi connectivity index (χ1) is 47.7. The molecule has 544 valence electrons. The van der Waals surface area contributed by atoms with E-state index >= 15 is 8.78 Å². The number of nitrogens with two attached hydrogens (primary N) is 1. The van der Waals surface area contributed by atoms with E-state index in [2.05, 4.69) is 33.1 Å². The molecule has 4 saturated heterocycles. The van der Waals surface area contributed by atoms with Crippen LogP contribution in [0.2, 0.25) is 0 Å². The van der Waals surface area contributed by atoms with Crippen LogP contribution in [0.3, 0.4) is 0 Å². The van der Waals surface area contributed by atoms with Gasteiger partial charge in [0.1, 0.15) is 30.2 Å². The molecule has 0 spiro atoms. The Morgan fingerprint density at radius 1 is 0.812 bits per heavy atom. The number of likely N-dealkylation sites (tertiary alicyclic amines) is 1. The predicted molar refractivity (Wildman–Crippen MR) is 358 cm³/mol. The summed E-state index contributed by atoms with van der Waals surface area (Å²) in [5.41, 5.74) is -0.0743. The standard InChI is InChI=1S/C70H84F4N9O16PS/c1-8-80-29-28-45-18-21-54(83(45)65(92)52(37-80)78-62(89)56-35-43-34-44(17-23-55(43)101-56)70(73,74)100(95,98-38-96-66(93)68(2,3)4)99-39-97-67(94)69(5,6)7)61(88)76-50(20-24-57(75)84)59(86)77-51(33-41-16-19-48(71)49(72)32-41)64(91)81-30-26-40(27-31-81)12-9-10-13-42-14-11-15-46-47(42)36-82(63(46)90)53-22-25-58(85)79-60(53)87/h11,14-17,19,23,32,34-35,40,45,50-54H,8-9,12,18,20-22,24-31,33,36-39H2,1-7H3,(H2,75,84)(H,76,88)(H,77,86)(H,78,89)(H,79,85,87)/t45-,50+,51+,52+,53?,54+/m1/s1. The number of amides is 9. The van der Waals surface area contributed by atoms with Crippen molar-refractivity contribution in [2.24, 2.45) is 22.5 Å². The number of hydrogen-bond donors (Lipinski definition) is 5. The van der Waals surface area contributed by atoms with E-state index in [0.717, 1.165) is 35.6 Å². The minimum absolute atomic E-state index is 0.0209. The zero-order chi connectivity index (χ0) is 73.5. The van der Waals surface area contributed by atoms with Crippen LogP contribution in [0.15, 0.2) is 60.7 Å². The fourth-order valence-electron chi connectivity index (χ4n) is 12.7. The number of carbonyl (C=O) groups excluding carboxylic acids is 11. The number of nitrogens with zero attached hydrogens (tertiary/aromatic N) is 4. The molecule has 5 aliphatic heterocycles. The number of piperidine rings is 2. The summed E-state index contributed by atoms with van der Waals surface area (Å²) in [6, 6.07) is 5.90. The Morgan fingerprint density at radius 3 is 2.15 bits per heavy atom. The molecule has 5 aliphatic rings. The molecule has 6 N–H and O–H groups in total. The van der Waals surface area contributed by atoms with Gasteiger partial charge < -0.3 is 50.8 Å². The van der Waals surface area contributed by atoms with Gasteiger partial charge in [-0.25, -0.2) is 8.78 Å². The number of benzene rings is 3. The van der Waals surface area contributed by atoms with Crippen molar-refractivity contribution in [3.63, 3.8) is 0 Å². The van der Waals surface area contributed by atoms with Crippen LogP contribution < -0.4 is 27.0 Å². The average Bonchev–Trinajstić information content (AvgIpc) is 1.76. The monoisotopic (exact) mass is 1450 g/mol. The third kappa shape index (κ3) is 18.4. The van der Waals surface area contributed by atoms with Crippen molar-refractivity contribution in [2.75, 3.05) is 46.3 Å². The van der Waals surface area contributed by atoms with Gasteiger partial charge in [-0.15, -0.1) is 11.3 Å². The van der Waals surface area contributed by atoms with E-state index in [9.17, 15) is 66.1 Å². The molecule has 1 unspecified atom stereocenters. The fraction of sp³-hybridized carbons (Fsp3) is 0.529. The number of primary amides is 1. The lowest BCUT2D eigenvalue weighted by molar-refractivity contribution is -0.163. The number of rotatable bonds is 24. The Labute approximate surface area is 585 Å². The third-order valence-electron chi connectivity index (χ3n) is 18.6. The van der Waals surface area contributed by atoms with Gasteiger partial charge in [0.25, 0.3) is 11.8 Å². The largest absolute Gasteiger partial charge is 0.438 e. The summed E-state index contributed by atoms with van der Waals surface area (Å²) in [6.45, 7) is 9.91. The molecule has 0 bridgehead atoms. The van der Waals surface area contributed by atoms with Gasteiger partial charge in [-0.2, -0.15) is 8.78 Å². The van der Waals surface area contributed by atoms with Crippen molar-refractivity contribution in [2.45, 2.75) is 174 Å². The van der Waals surface area contributed by atoms with Crippen LogP contribution >= 0.6 is 18.9 Å². The summed E-state index contributed by atoms with van der Waals surface area (Å²) in [4.78, 5) is 155. The topological polar surface area (TPSA) is 329 Å². The van der Waals surface area contributed by atoms with Crippen molar-refractivity contribution in [1.29, 1.82) is 0 Å². The Balaban J connectivity index is 0.862. The summed E-state index contributed by atoms with van der Waals surface area (Å²) in [6.07, 6.45) is 2.35. The molecule has 0 aliphatic carbocycles. The summed E-state index contributed by atoms with van der Waals surface area (Å²) >= 11 is 0.884. The lowest BCUT2D eigenvalue weighted by Gasteiger charge is -2.38. The summed E-state index contributed by atoms with van der Waals surface area (Å²) in [5.74, 6) is -3.32. The number of carbonyl (C=O) groups is 11. The van der Waals surface area contributed by atoms with Gasteiger partial charge in [-0.1, -0.05) is 37.0 Å². The van der Waals surface area contributed by atoms with Gasteiger partial charge in [0.05, 0.1) is 15.7 Å². The SMILES string of the molecule is CCN1CC[C@H]2CC[C@@H](C(=O)N[C@@H](CCC(N)=O)C(=O)N[C@@H](Cc3ccc(F)c(F)c3)C(=O)N3CCC(CCC#Cc4cccc5c4CN(C4CCC(=O)NC4=O)C5=O)CC3)N2C(=O)[C@@H](NC(=O)c2cc3cc(C(F)(F)P(=O)(OCOC(=O)C(C)(C)C)OCOC(=O)C(C)(C)C)ccc3s2)C1. The molecule has 31 heteroatoms. The zero-order valence-electron chi connectivity index (χ0n) is 57.2. The van der Waals surface area contributed by atoms with Crippen LogP contribution in [0.4, 0.5) is 17.6 Å². The smallest absolute Gasteiger partial charge is 0.410 e. The number of esters is 2. The second-order valence-electron chi connectivity index (χ2n) is 27.9. The van der Waals surface area contributed by atoms with Crippen LogP contribution in [-0.4, -0.2) is 167 Å². The van der Waals surface area contributed by atoms with E-state index in [1.165, 1.54) is 69.5 Å². The molecule has 0 radical (unpaired) electrons. The third-order valence-corrected chi connectivity index (χ3v) is 21.5. The first-order valence-corrected chi connectivity index (χ1v) is 35.9. The Hall–Kier alpha value is -8.62. The lowest BCUT2D eigenvalue weighted by atomic mass is 9.91. The first-order valence-electron chi connectivity index (χ1n) is 33.5. The molecular weight excluding hydrogens is 1360 g/mol. The number of halogens is 4. The second kappa shape index (κ2) is 32.1. The number of likely N-dealkylation sites (N-methyl/N-ethyl adjacent to an activating group) is 1. The average molecular weight is 1450 g/mol. The van der Waals surface area contributed by atoms with Gasteiger partial charge in [0, 0.05) is 85.8 Å². The Kier molecular flexibility index (Phi) is 24.4. The highest BCUT2D eigenvalue weighted by Crippen LogP contribution is 2.67. The first kappa shape index (κ1) is 76.6. The predicted octanol–water partition coefficient (Wildman–Crippen LogP) is 7.04. The van der Waals surface area contributed by atoms with Crippen molar-refractivity contribution in [3.05, 3.63) is 105 Å². The van der Waals surface area contributed by atoms with Crippen LogP contribution in [0, 0.1) is 40.2 Å². The molecule has 3 aromatic carbocycles. The number of alkyl halides is 2. The van der Waals surface area contributed by atoms with E-state index in [0.29, 0.717) is 73.0 Å². The van der Waals surface area contributed by atoms with Crippen molar-refractivity contribution in [3.8, 4) is 11.8 Å². The van der Waals surface area contributed by atoms with Crippen LogP contribution in [0.1, 0.15) is 161 Å². The van der Waals surface area contributed by atoms with Crippen molar-refractivity contribution >= 4 is 94.1 Å². The van der Waals surface area contributed by atoms with Crippen LogP contribution in [0.25, 0.3) is 10.1 Å². The second-order valence-corrected chi connectivity index (χ2v) is 31.0. The highest BCUT2D eigenvalue weighted by molar-refractivity contribution is 7.54. The van der Waals surface area contributed by atoms with E-state index in [1.54, 1.807) is 23.1 Å². The molecule has 6 atom stereocenters. The highest BCUT2D eigenvalue weighted by Gasteiger charge is 2.56. The molecule has 9 rings (SSSR count). The maximum Gasteiger partial charge on any atom is 0.410 e. The molecule has 25 nitrogen and oxygen atoms in total. The summed E-state index contributed by atoms with van der Waals surface area (Å²) in [7, 11) is -5.72. The van der Waals surface area contributed by atoms with Crippen molar-refractivity contribution < 1.29 is 93.4 Å². The van der Waals surface area contributed by atoms with Gasteiger partial charge in [0.15, 0.2) is 11.6 Å². The van der Waals surface area contributed by atoms with E-state index in [1.807, 2.05) is 11.8 Å². The van der Waals surface area contributed by atoms with Gasteiger partial charge in [0.2, 0.25) is 54.9 Å². The number of ether oxygens (including phenoxy) is 2. The van der Waals surface area contributed by atoms with E-state index < -0.39 is 151 Å². The molecular formula is C70H84F4N9O16PS. The normalized spacial score (nSPS) is 20.0. The molecule has 4 aromatic rings. The van der Waals surface area contributed by atoms with Crippen LogP contribution in [-0.2, 0) is 84.9 Å². The molecule has 6 heterocycles. The van der Waals surface area contributed by atoms with E-state index in [4.69, 9.17) is 24.3 Å². The molecule has 101 heavy (non-hydrogen) atoms. The van der Waals surface area contributed by atoms with E-state index in [-0.39, 0.29) is 91.8 Å². The lowest BCUT2D eigenvalue weighted by Crippen LogP contribution is -2.62. The molecule has 0 saturated carbocycles. The van der Waals surface area contributed by atoms with Gasteiger partial charge in [-0.05, 0) is 164 Å². The maximum absolute atomic E-state index is 16.6. The quantitative estimate of drug-likeness (QED) is 0.0117. The number of imide groups is 1. The number of fused-ring (bicyclic) bond motifs is 3. The molecule has 4 fully saturated rings. The number of thiophene rings is 1. The number of nitrogens with one attached hydrogen (secondary N) is 4. The fourth-order valence-corrected chi connectivity index (χ4v) is 14.9. The maximum atomic E-state index is 16.6. The zero-order valence-corrected chi connectivity index (χ0v) is 58.9. The molecule has 9 amide bonds. The minimum Gasteiger partial charge on any atom is -0.438 e. The highest BCUT2D eigenvalue weighted by atomic mass is 32.1. The minimum atomic E-state index is -5.72. The van der Waals surface area contributed by atoms with Gasteiger partial charge in [-0.3, -0.25) is 71.7 Å². The van der Waals surface area contributed by atoms with Crippen LogP contribution in [0.5, 0.6) is 0 Å².